The monoisotopic (exact) mass is 529 g/mol. The van der Waals surface area contributed by atoms with Gasteiger partial charge in [-0.15, -0.1) is 0 Å². The van der Waals surface area contributed by atoms with Crippen LogP contribution in [0.15, 0.2) is 42.5 Å². The molecule has 8 nitrogen and oxygen atoms in total. The van der Waals surface area contributed by atoms with Gasteiger partial charge in [-0.2, -0.15) is 0 Å². The lowest BCUT2D eigenvalue weighted by atomic mass is 10.1. The molecule has 0 bridgehead atoms. The van der Waals surface area contributed by atoms with Gasteiger partial charge in [0.15, 0.2) is 0 Å². The minimum atomic E-state index is -3.83. The zero-order valence-electron chi connectivity index (χ0n) is 19.5. The van der Waals surface area contributed by atoms with Gasteiger partial charge in [0.2, 0.25) is 21.8 Å². The number of likely N-dealkylation sites (N-methyl/N-ethyl adjacent to an activating group) is 1. The Balaban J connectivity index is 2.48. The lowest BCUT2D eigenvalue weighted by Crippen LogP contribution is -2.52. The van der Waals surface area contributed by atoms with Crippen LogP contribution in [0, 0.1) is 0 Å². The van der Waals surface area contributed by atoms with Gasteiger partial charge < -0.3 is 15.0 Å². The maximum absolute atomic E-state index is 13.6. The largest absolute Gasteiger partial charge is 0.497 e. The van der Waals surface area contributed by atoms with E-state index in [0.717, 1.165) is 10.6 Å². The van der Waals surface area contributed by atoms with E-state index in [1.54, 1.807) is 56.3 Å². The summed E-state index contributed by atoms with van der Waals surface area (Å²) in [6.45, 7) is 3.35. The van der Waals surface area contributed by atoms with Crippen LogP contribution < -0.4 is 14.4 Å². The van der Waals surface area contributed by atoms with Gasteiger partial charge in [0.05, 0.1) is 19.1 Å². The summed E-state index contributed by atoms with van der Waals surface area (Å²) in [6, 6.07) is 10.4. The molecule has 1 atom stereocenters. The number of hydrogen-bond donors (Lipinski definition) is 1. The molecule has 0 radical (unpaired) electrons. The first kappa shape index (κ1) is 27.8. The Kier molecular flexibility index (Phi) is 10.0. The molecule has 0 saturated heterocycles. The van der Waals surface area contributed by atoms with E-state index in [1.165, 1.54) is 12.0 Å². The van der Waals surface area contributed by atoms with Crippen molar-refractivity contribution < 1.29 is 22.7 Å². The minimum absolute atomic E-state index is 0.0623. The summed E-state index contributed by atoms with van der Waals surface area (Å²) < 4.78 is 31.3. The van der Waals surface area contributed by atoms with Crippen molar-refractivity contribution in [3.8, 4) is 5.75 Å². The number of ether oxygens (including phenoxy) is 1. The lowest BCUT2D eigenvalue weighted by molar-refractivity contribution is -0.140. The van der Waals surface area contributed by atoms with Crippen molar-refractivity contribution in [1.82, 2.24) is 10.2 Å². The molecule has 0 aliphatic carbocycles. The highest BCUT2D eigenvalue weighted by Gasteiger charge is 2.32. The number of hydrogen-bond acceptors (Lipinski definition) is 5. The smallest absolute Gasteiger partial charge is 0.244 e. The second kappa shape index (κ2) is 12.3. The zero-order chi connectivity index (χ0) is 25.5. The average Bonchev–Trinajstić information content (AvgIpc) is 2.78. The first-order valence-electron chi connectivity index (χ1n) is 10.6. The molecule has 0 fully saturated rings. The number of methoxy groups -OCH3 is 1. The Labute approximate surface area is 210 Å². The number of halogens is 2. The number of nitrogens with one attached hydrogen (secondary N) is 1. The van der Waals surface area contributed by atoms with Gasteiger partial charge in [-0.25, -0.2) is 8.42 Å². The standard InChI is InChI=1S/C23H29Cl2N3O5S/c1-5-21(23(30)26-6-2)27(14-18-19(24)8-7-9-20(18)25)22(29)15-28(34(4,31)32)16-10-12-17(33-3)13-11-16/h7-13,21H,5-6,14-15H2,1-4H3,(H,26,30). The number of rotatable bonds is 11. The number of sulfonamides is 1. The molecule has 34 heavy (non-hydrogen) atoms. The highest BCUT2D eigenvalue weighted by molar-refractivity contribution is 7.92. The second-order valence-corrected chi connectivity index (χ2v) is 10.2. The fourth-order valence-electron chi connectivity index (χ4n) is 3.43. The van der Waals surface area contributed by atoms with Gasteiger partial charge in [-0.05, 0) is 49.7 Å². The number of anilines is 1. The third-order valence-electron chi connectivity index (χ3n) is 5.17. The molecule has 0 heterocycles. The van der Waals surface area contributed by atoms with E-state index in [1.807, 2.05) is 0 Å². The fraction of sp³-hybridized carbons (Fsp3) is 0.391. The molecule has 2 aromatic rings. The SMILES string of the molecule is CCNC(=O)C(CC)N(Cc1c(Cl)cccc1Cl)C(=O)CN(c1ccc(OC)cc1)S(C)(=O)=O. The predicted molar refractivity (Wildman–Crippen MR) is 135 cm³/mol. The summed E-state index contributed by atoms with van der Waals surface area (Å²) in [5.41, 5.74) is 0.760. The molecule has 11 heteroatoms. The second-order valence-electron chi connectivity index (χ2n) is 7.51. The van der Waals surface area contributed by atoms with Crippen LogP contribution in [0.3, 0.4) is 0 Å². The number of nitrogens with zero attached hydrogens (tertiary/aromatic N) is 2. The summed E-state index contributed by atoms with van der Waals surface area (Å²) in [6.07, 6.45) is 1.32. The number of carbonyl (C=O) groups excluding carboxylic acids is 2. The lowest BCUT2D eigenvalue weighted by Gasteiger charge is -2.33. The van der Waals surface area contributed by atoms with E-state index in [4.69, 9.17) is 27.9 Å². The van der Waals surface area contributed by atoms with Crippen molar-refractivity contribution in [2.24, 2.45) is 0 Å². The summed E-state index contributed by atoms with van der Waals surface area (Å²) in [7, 11) is -2.33. The molecule has 0 aliphatic rings. The van der Waals surface area contributed by atoms with Crippen LogP contribution in [-0.2, 0) is 26.2 Å². The van der Waals surface area contributed by atoms with E-state index >= 15 is 0 Å². The Bertz CT molecular complexity index is 1090. The summed E-state index contributed by atoms with van der Waals surface area (Å²) >= 11 is 12.7. The highest BCUT2D eigenvalue weighted by Crippen LogP contribution is 2.28. The Morgan fingerprint density at radius 1 is 1.06 bits per heavy atom. The van der Waals surface area contributed by atoms with Crippen LogP contribution >= 0.6 is 23.2 Å². The van der Waals surface area contributed by atoms with E-state index in [0.29, 0.717) is 40.0 Å². The number of benzene rings is 2. The van der Waals surface area contributed by atoms with Crippen LogP contribution in [0.4, 0.5) is 5.69 Å². The van der Waals surface area contributed by atoms with Gasteiger partial charge in [0.25, 0.3) is 0 Å². The first-order valence-corrected chi connectivity index (χ1v) is 13.3. The van der Waals surface area contributed by atoms with Gasteiger partial charge in [0, 0.05) is 28.7 Å². The van der Waals surface area contributed by atoms with Crippen LogP contribution in [0.5, 0.6) is 5.75 Å². The summed E-state index contributed by atoms with van der Waals surface area (Å²) in [4.78, 5) is 27.7. The Morgan fingerprint density at radius 2 is 1.65 bits per heavy atom. The van der Waals surface area contributed by atoms with Crippen molar-refractivity contribution in [2.45, 2.75) is 32.9 Å². The number of amides is 2. The van der Waals surface area contributed by atoms with E-state index in [-0.39, 0.29) is 12.5 Å². The third kappa shape index (κ3) is 7.01. The predicted octanol–water partition coefficient (Wildman–Crippen LogP) is 3.71. The summed E-state index contributed by atoms with van der Waals surface area (Å²) in [5.74, 6) is -0.381. The average molecular weight is 530 g/mol. The van der Waals surface area contributed by atoms with Crippen LogP contribution in [-0.4, -0.2) is 57.6 Å². The van der Waals surface area contributed by atoms with Crippen LogP contribution in [0.1, 0.15) is 25.8 Å². The quantitative estimate of drug-likeness (QED) is 0.478. The van der Waals surface area contributed by atoms with Gasteiger partial charge in [-0.1, -0.05) is 36.2 Å². The first-order chi connectivity index (χ1) is 16.0. The van der Waals surface area contributed by atoms with E-state index < -0.39 is 28.5 Å². The van der Waals surface area contributed by atoms with Crippen molar-refractivity contribution in [3.05, 3.63) is 58.1 Å². The minimum Gasteiger partial charge on any atom is -0.497 e. The maximum Gasteiger partial charge on any atom is 0.244 e. The fourth-order valence-corrected chi connectivity index (χ4v) is 4.79. The molecule has 186 valence electrons. The molecule has 1 N–H and O–H groups in total. The normalized spacial score (nSPS) is 12.1. The molecular weight excluding hydrogens is 501 g/mol. The zero-order valence-corrected chi connectivity index (χ0v) is 21.9. The van der Waals surface area contributed by atoms with Gasteiger partial charge >= 0.3 is 0 Å². The highest BCUT2D eigenvalue weighted by atomic mass is 35.5. The molecular formula is C23H29Cl2N3O5S. The molecule has 0 aliphatic heterocycles. The van der Waals surface area contributed by atoms with E-state index in [2.05, 4.69) is 5.32 Å². The van der Waals surface area contributed by atoms with Crippen LogP contribution in [0.2, 0.25) is 10.0 Å². The van der Waals surface area contributed by atoms with Crippen LogP contribution in [0.25, 0.3) is 0 Å². The van der Waals surface area contributed by atoms with Crippen molar-refractivity contribution in [3.63, 3.8) is 0 Å². The Hall–Kier alpha value is -2.49. The maximum atomic E-state index is 13.6. The van der Waals surface area contributed by atoms with Crippen molar-refractivity contribution >= 4 is 50.7 Å². The molecule has 2 rings (SSSR count). The molecule has 0 aromatic heterocycles. The van der Waals surface area contributed by atoms with Gasteiger partial charge in [-0.3, -0.25) is 13.9 Å². The summed E-state index contributed by atoms with van der Waals surface area (Å²) in [5, 5.41) is 3.41. The molecule has 0 spiro atoms. The molecule has 2 aromatic carbocycles. The molecule has 2 amide bonds. The Morgan fingerprint density at radius 3 is 2.12 bits per heavy atom. The van der Waals surface area contributed by atoms with E-state index in [9.17, 15) is 18.0 Å². The topological polar surface area (TPSA) is 96.0 Å². The van der Waals surface area contributed by atoms with Gasteiger partial charge in [0.1, 0.15) is 18.3 Å². The van der Waals surface area contributed by atoms with Crippen molar-refractivity contribution in [1.29, 1.82) is 0 Å². The molecule has 1 unspecified atom stereocenters. The number of carbonyl (C=O) groups is 2. The third-order valence-corrected chi connectivity index (χ3v) is 7.02. The van der Waals surface area contributed by atoms with Crippen molar-refractivity contribution in [2.75, 3.05) is 30.8 Å². The molecule has 0 saturated carbocycles.